The molecule has 0 aromatic carbocycles. The number of Topliss-reactive ketones (excluding diaryl/α,β-unsaturated/α-hetero) is 1. The van der Waals surface area contributed by atoms with E-state index in [0.717, 1.165) is 12.0 Å². The number of carbonyl (C=O) groups excluding carboxylic acids is 1. The van der Waals surface area contributed by atoms with Gasteiger partial charge in [-0.2, -0.15) is 41.9 Å². The zero-order chi connectivity index (χ0) is 30.6. The van der Waals surface area contributed by atoms with Crippen LogP contribution in [0.5, 0.6) is 0 Å². The van der Waals surface area contributed by atoms with Crippen LogP contribution in [0.4, 0.5) is 0 Å². The van der Waals surface area contributed by atoms with Crippen LogP contribution < -0.4 is 0 Å². The molecule has 41 heavy (non-hydrogen) atoms. The lowest BCUT2D eigenvalue weighted by atomic mass is 9.71. The van der Waals surface area contributed by atoms with E-state index in [1.54, 1.807) is 5.57 Å². The maximum absolute atomic E-state index is 12.2. The van der Waals surface area contributed by atoms with Crippen LogP contribution in [0.25, 0.3) is 0 Å². The van der Waals surface area contributed by atoms with Gasteiger partial charge in [0, 0.05) is 6.42 Å². The van der Waals surface area contributed by atoms with Crippen LogP contribution in [-0.4, -0.2) is 5.78 Å². The van der Waals surface area contributed by atoms with Gasteiger partial charge in [0.25, 0.3) is 0 Å². The van der Waals surface area contributed by atoms with Gasteiger partial charge in [0.15, 0.2) is 5.78 Å². The zero-order valence-electron chi connectivity index (χ0n) is 27.6. The highest BCUT2D eigenvalue weighted by molar-refractivity contribution is 5.97. The molecule has 0 saturated carbocycles. The predicted octanol–water partition coefficient (Wildman–Crippen LogP) is 11.5. The van der Waals surface area contributed by atoms with Gasteiger partial charge in [-0.25, -0.2) is 24.5 Å². The summed E-state index contributed by atoms with van der Waals surface area (Å²) in [6, 6.07) is 0. The van der Waals surface area contributed by atoms with Crippen molar-refractivity contribution in [3.63, 3.8) is 0 Å². The van der Waals surface area contributed by atoms with E-state index < -0.39 is 0 Å². The Balaban J connectivity index is 1.80. The highest BCUT2D eigenvalue weighted by Crippen LogP contribution is 2.42. The predicted molar refractivity (Wildman–Crippen MR) is 181 cm³/mol. The molecule has 224 valence electrons. The minimum atomic E-state index is 0.0548. The summed E-state index contributed by atoms with van der Waals surface area (Å²) < 4.78 is 0. The normalized spacial score (nSPS) is 21.6. The number of ketones is 1. The molecular weight excluding hydrogens is 496 g/mol. The average Bonchev–Trinajstić information content (AvgIpc) is 2.88. The SMILES string of the molecule is CC1=C([CH-]/C=C(\C)[CH-]/C=C/C(C)=C/[CH-]/C=C/C(C)/C=C/C=C(C)/C=C/C2=C(C)C(=O)CCC2(C)C)C(C)(C)CCC1. The van der Waals surface area contributed by atoms with Gasteiger partial charge in [-0.05, 0) is 48.7 Å². The van der Waals surface area contributed by atoms with Gasteiger partial charge in [-0.15, -0.1) is 6.92 Å². The lowest BCUT2D eigenvalue weighted by Crippen LogP contribution is -2.24. The fraction of sp³-hybridized carbons (Fsp3) is 0.450. The van der Waals surface area contributed by atoms with Crippen molar-refractivity contribution in [3.05, 3.63) is 125 Å². The van der Waals surface area contributed by atoms with Crippen molar-refractivity contribution in [1.82, 2.24) is 0 Å². The van der Waals surface area contributed by atoms with Crippen LogP contribution in [0.1, 0.15) is 101 Å². The summed E-state index contributed by atoms with van der Waals surface area (Å²) in [5.74, 6) is 0.625. The molecule has 0 spiro atoms. The van der Waals surface area contributed by atoms with Gasteiger partial charge in [0.2, 0.25) is 0 Å². The maximum Gasteiger partial charge on any atom is 0.158 e. The molecule has 2 aliphatic carbocycles. The van der Waals surface area contributed by atoms with Crippen LogP contribution >= 0.6 is 0 Å². The fourth-order valence-electron chi connectivity index (χ4n) is 5.61. The molecule has 0 fully saturated rings. The quantitative estimate of drug-likeness (QED) is 0.174. The molecule has 2 rings (SSSR count). The Hall–Kier alpha value is -3.06. The Bertz CT molecular complexity index is 1190. The summed E-state index contributed by atoms with van der Waals surface area (Å²) in [5.41, 5.74) is 9.13. The Morgan fingerprint density at radius 2 is 1.61 bits per heavy atom. The number of hydrogen-bond donors (Lipinski definition) is 0. The molecule has 0 radical (unpaired) electrons. The van der Waals surface area contributed by atoms with E-state index in [9.17, 15) is 4.79 Å². The summed E-state index contributed by atoms with van der Waals surface area (Å²) in [4.78, 5) is 12.2. The lowest BCUT2D eigenvalue weighted by Gasteiger charge is -2.40. The molecule has 0 amide bonds. The smallest absolute Gasteiger partial charge is 0.158 e. The Labute approximate surface area is 253 Å². The Morgan fingerprint density at radius 3 is 2.32 bits per heavy atom. The minimum absolute atomic E-state index is 0.0548. The first-order valence-corrected chi connectivity index (χ1v) is 15.4. The van der Waals surface area contributed by atoms with Crippen molar-refractivity contribution >= 4 is 5.78 Å². The van der Waals surface area contributed by atoms with Crippen LogP contribution in [0.2, 0.25) is 0 Å². The van der Waals surface area contributed by atoms with Gasteiger partial charge < -0.3 is 0 Å². The third kappa shape index (κ3) is 11.4. The standard InChI is InChI=1S/C40H55O/c1-30(18-13-20-32(3)23-25-36-34(5)22-15-28-39(36,7)8)16-11-12-17-31(2)19-14-21-33(4)24-26-37-35(6)38(41)27-29-40(37,9)10/h11-14,16-21,23-26,31H,15,22,27-29H2,1-10H3/q-3/b17-12+,18-13+,19-14+,26-24+,30-16+,32-23+,33-21+. The molecule has 1 atom stereocenters. The second-order valence-corrected chi connectivity index (χ2v) is 13.4. The second kappa shape index (κ2) is 15.8. The van der Waals surface area contributed by atoms with E-state index in [2.05, 4.69) is 148 Å². The molecule has 0 heterocycles. The third-order valence-corrected chi connectivity index (χ3v) is 8.47. The van der Waals surface area contributed by atoms with Crippen molar-refractivity contribution in [2.75, 3.05) is 0 Å². The van der Waals surface area contributed by atoms with E-state index in [4.69, 9.17) is 0 Å². The maximum atomic E-state index is 12.2. The summed E-state index contributed by atoms with van der Waals surface area (Å²) in [6.45, 7) is 22.0. The van der Waals surface area contributed by atoms with Crippen molar-refractivity contribution in [2.24, 2.45) is 16.7 Å². The van der Waals surface area contributed by atoms with E-state index in [0.29, 0.717) is 12.3 Å². The summed E-state index contributed by atoms with van der Waals surface area (Å²) in [5, 5.41) is 0. The molecule has 0 aliphatic heterocycles. The van der Waals surface area contributed by atoms with Gasteiger partial charge in [0.1, 0.15) is 0 Å². The first-order valence-electron chi connectivity index (χ1n) is 15.4. The number of allylic oxidation sites excluding steroid dienone is 18. The van der Waals surface area contributed by atoms with E-state index >= 15 is 0 Å². The van der Waals surface area contributed by atoms with Gasteiger partial charge in [-0.3, -0.25) is 16.4 Å². The Kier molecular flexibility index (Phi) is 13.2. The number of rotatable bonds is 12. The molecule has 0 saturated heterocycles. The first kappa shape index (κ1) is 34.1. The van der Waals surface area contributed by atoms with Crippen molar-refractivity contribution in [1.29, 1.82) is 0 Å². The van der Waals surface area contributed by atoms with Crippen molar-refractivity contribution in [2.45, 2.75) is 101 Å². The molecule has 0 bridgehead atoms. The van der Waals surface area contributed by atoms with Gasteiger partial charge in [0.05, 0.1) is 0 Å². The third-order valence-electron chi connectivity index (χ3n) is 8.47. The highest BCUT2D eigenvalue weighted by Gasteiger charge is 2.30. The summed E-state index contributed by atoms with van der Waals surface area (Å²) >= 11 is 0. The minimum Gasteiger partial charge on any atom is -0.295 e. The molecule has 0 aromatic heterocycles. The van der Waals surface area contributed by atoms with Crippen LogP contribution in [-0.2, 0) is 4.79 Å². The topological polar surface area (TPSA) is 17.1 Å². The molecule has 0 aromatic rings. The van der Waals surface area contributed by atoms with Crippen molar-refractivity contribution in [3.8, 4) is 0 Å². The molecule has 1 unspecified atom stereocenters. The largest absolute Gasteiger partial charge is 0.295 e. The van der Waals surface area contributed by atoms with Gasteiger partial charge >= 0.3 is 0 Å². The fourth-order valence-corrected chi connectivity index (χ4v) is 5.61. The van der Waals surface area contributed by atoms with E-state index in [1.165, 1.54) is 47.1 Å². The molecule has 1 heteroatoms. The highest BCUT2D eigenvalue weighted by atomic mass is 16.1. The van der Waals surface area contributed by atoms with Crippen LogP contribution in [0.3, 0.4) is 0 Å². The molecule has 1 nitrogen and oxygen atoms in total. The molecule has 0 N–H and O–H groups in total. The second-order valence-electron chi connectivity index (χ2n) is 13.4. The monoisotopic (exact) mass is 551 g/mol. The summed E-state index contributed by atoms with van der Waals surface area (Å²) in [7, 11) is 0. The van der Waals surface area contributed by atoms with Crippen LogP contribution in [0.15, 0.2) is 106 Å². The number of hydrogen-bond acceptors (Lipinski definition) is 1. The lowest BCUT2D eigenvalue weighted by molar-refractivity contribution is -0.116. The van der Waals surface area contributed by atoms with Crippen molar-refractivity contribution < 1.29 is 4.79 Å². The van der Waals surface area contributed by atoms with Crippen LogP contribution in [0, 0.1) is 36.0 Å². The van der Waals surface area contributed by atoms with E-state index in [-0.39, 0.29) is 16.6 Å². The first-order chi connectivity index (χ1) is 19.2. The summed E-state index contributed by atoms with van der Waals surface area (Å²) in [6.07, 6.45) is 35.7. The molecular formula is C40H55O-3. The average molecular weight is 552 g/mol. The van der Waals surface area contributed by atoms with Gasteiger partial charge in [-0.1, -0.05) is 103 Å². The molecule has 2 aliphatic rings. The Morgan fingerprint density at radius 1 is 0.878 bits per heavy atom. The number of carbonyl (C=O) groups is 1. The zero-order valence-corrected chi connectivity index (χ0v) is 27.6. The van der Waals surface area contributed by atoms with E-state index in [1.807, 2.05) is 6.92 Å².